The Labute approximate surface area is 187 Å². The molecular formula is C24H29N5O3. The van der Waals surface area contributed by atoms with Gasteiger partial charge in [-0.25, -0.2) is 9.89 Å². The van der Waals surface area contributed by atoms with E-state index in [1.165, 1.54) is 4.90 Å². The molecule has 1 heterocycles. The van der Waals surface area contributed by atoms with Crippen LogP contribution < -0.4 is 0 Å². The van der Waals surface area contributed by atoms with E-state index in [9.17, 15) is 14.7 Å². The molecule has 0 bridgehead atoms. The summed E-state index contributed by atoms with van der Waals surface area (Å²) in [5, 5.41) is 23.8. The highest BCUT2D eigenvalue weighted by molar-refractivity contribution is 5.84. The molecule has 2 aromatic carbocycles. The fourth-order valence-corrected chi connectivity index (χ4v) is 3.73. The van der Waals surface area contributed by atoms with Gasteiger partial charge in [0.1, 0.15) is 6.04 Å². The molecule has 3 rings (SSSR count). The van der Waals surface area contributed by atoms with Crippen LogP contribution in [0.15, 0.2) is 48.5 Å². The van der Waals surface area contributed by atoms with Gasteiger partial charge in [0.15, 0.2) is 5.82 Å². The van der Waals surface area contributed by atoms with Gasteiger partial charge in [-0.2, -0.15) is 0 Å². The number of unbranched alkanes of at least 4 members (excludes halogenated alkanes) is 1. The Balaban J connectivity index is 1.85. The second-order valence-corrected chi connectivity index (χ2v) is 7.76. The maximum absolute atomic E-state index is 12.8. The van der Waals surface area contributed by atoms with Gasteiger partial charge in [0.05, 0.1) is 0 Å². The van der Waals surface area contributed by atoms with Crippen molar-refractivity contribution < 1.29 is 14.7 Å². The van der Waals surface area contributed by atoms with E-state index >= 15 is 0 Å². The molecule has 1 atom stereocenters. The van der Waals surface area contributed by atoms with Crippen LogP contribution in [0.4, 0.5) is 0 Å². The van der Waals surface area contributed by atoms with Crippen molar-refractivity contribution in [3.05, 3.63) is 54.1 Å². The zero-order valence-electron chi connectivity index (χ0n) is 18.5. The molecular weight excluding hydrogens is 406 g/mol. The van der Waals surface area contributed by atoms with Crippen LogP contribution in [0.5, 0.6) is 0 Å². The Kier molecular flexibility index (Phi) is 8.08. The number of aromatic nitrogens is 4. The molecule has 0 aliphatic heterocycles. The van der Waals surface area contributed by atoms with Gasteiger partial charge in [0.25, 0.3) is 0 Å². The van der Waals surface area contributed by atoms with E-state index in [2.05, 4.69) is 20.6 Å². The Morgan fingerprint density at radius 1 is 1.03 bits per heavy atom. The molecule has 0 fully saturated rings. The highest BCUT2D eigenvalue weighted by Crippen LogP contribution is 2.30. The highest BCUT2D eigenvalue weighted by Gasteiger charge is 2.28. The Bertz CT molecular complexity index is 1020. The summed E-state index contributed by atoms with van der Waals surface area (Å²) in [7, 11) is 0. The number of rotatable bonds is 11. The van der Waals surface area contributed by atoms with Gasteiger partial charge in [-0.15, -0.1) is 5.10 Å². The molecule has 8 heteroatoms. The van der Waals surface area contributed by atoms with E-state index in [0.717, 1.165) is 35.1 Å². The second-order valence-electron chi connectivity index (χ2n) is 7.76. The zero-order chi connectivity index (χ0) is 22.9. The number of hydrogen-bond donors (Lipinski definition) is 2. The van der Waals surface area contributed by atoms with Crippen LogP contribution in [0.3, 0.4) is 0 Å². The lowest BCUT2D eigenvalue weighted by atomic mass is 9.98. The number of nitrogens with zero attached hydrogens (tertiary/aromatic N) is 4. The molecule has 8 nitrogen and oxygen atoms in total. The van der Waals surface area contributed by atoms with E-state index in [0.29, 0.717) is 25.1 Å². The van der Waals surface area contributed by atoms with Crippen molar-refractivity contribution >= 4 is 11.9 Å². The summed E-state index contributed by atoms with van der Waals surface area (Å²) >= 11 is 0. The first-order chi connectivity index (χ1) is 15.5. The van der Waals surface area contributed by atoms with E-state index in [1.54, 1.807) is 0 Å². The standard InChI is InChI=1S/C24H29N5O3/c1-3-5-11-22(30)29(21(8-4-2)24(31)32)16-17-12-14-18(15-13-17)19-9-6-7-10-20(19)23-25-27-28-26-23/h6-7,9-10,12-15,21H,3-5,8,11,16H2,1-2H3,(H,31,32)(H,25,26,27,28). The monoisotopic (exact) mass is 435 g/mol. The van der Waals surface area contributed by atoms with Gasteiger partial charge in [-0.3, -0.25) is 4.79 Å². The number of carboxylic acid groups (broad SMARTS) is 1. The van der Waals surface area contributed by atoms with Crippen LogP contribution in [0.25, 0.3) is 22.5 Å². The maximum Gasteiger partial charge on any atom is 0.326 e. The number of hydrogen-bond acceptors (Lipinski definition) is 5. The Morgan fingerprint density at radius 2 is 1.75 bits per heavy atom. The van der Waals surface area contributed by atoms with Crippen molar-refractivity contribution in [2.75, 3.05) is 0 Å². The second kappa shape index (κ2) is 11.2. The first kappa shape index (κ1) is 23.1. The molecule has 0 radical (unpaired) electrons. The minimum absolute atomic E-state index is 0.111. The third-order valence-corrected chi connectivity index (χ3v) is 5.43. The van der Waals surface area contributed by atoms with E-state index in [1.807, 2.05) is 62.4 Å². The first-order valence-corrected chi connectivity index (χ1v) is 11.0. The summed E-state index contributed by atoms with van der Waals surface area (Å²) < 4.78 is 0. The number of aromatic amines is 1. The van der Waals surface area contributed by atoms with Gasteiger partial charge in [0, 0.05) is 18.5 Å². The predicted molar refractivity (Wildman–Crippen MR) is 121 cm³/mol. The normalized spacial score (nSPS) is 11.8. The number of carbonyl (C=O) groups excluding carboxylic acids is 1. The lowest BCUT2D eigenvalue weighted by Gasteiger charge is -2.29. The minimum Gasteiger partial charge on any atom is -0.480 e. The highest BCUT2D eigenvalue weighted by atomic mass is 16.4. The maximum atomic E-state index is 12.8. The number of nitrogens with one attached hydrogen (secondary N) is 1. The summed E-state index contributed by atoms with van der Waals surface area (Å²) in [5.41, 5.74) is 3.73. The molecule has 0 saturated carbocycles. The van der Waals surface area contributed by atoms with Gasteiger partial charge in [-0.1, -0.05) is 75.2 Å². The van der Waals surface area contributed by atoms with Gasteiger partial charge < -0.3 is 10.0 Å². The fraction of sp³-hybridized carbons (Fsp3) is 0.375. The number of aliphatic carboxylic acids is 1. The summed E-state index contributed by atoms with van der Waals surface area (Å²) in [6.45, 7) is 4.22. The molecule has 1 amide bonds. The van der Waals surface area contributed by atoms with Crippen molar-refractivity contribution in [3.8, 4) is 22.5 Å². The predicted octanol–water partition coefficient (Wildman–Crippen LogP) is 4.31. The molecule has 3 aromatic rings. The Morgan fingerprint density at radius 3 is 2.34 bits per heavy atom. The van der Waals surface area contributed by atoms with Crippen LogP contribution in [0, 0.1) is 0 Å². The quantitative estimate of drug-likeness (QED) is 0.464. The average molecular weight is 436 g/mol. The summed E-state index contributed by atoms with van der Waals surface area (Å²) in [6, 6.07) is 14.8. The molecule has 2 N–H and O–H groups in total. The van der Waals surface area contributed by atoms with E-state index < -0.39 is 12.0 Å². The third-order valence-electron chi connectivity index (χ3n) is 5.43. The molecule has 1 aromatic heterocycles. The molecule has 0 aliphatic rings. The topological polar surface area (TPSA) is 112 Å². The van der Waals surface area contributed by atoms with Crippen LogP contribution in [0.1, 0.15) is 51.5 Å². The minimum atomic E-state index is -0.956. The fourth-order valence-electron chi connectivity index (χ4n) is 3.73. The van der Waals surface area contributed by atoms with Gasteiger partial charge in [0.2, 0.25) is 5.91 Å². The van der Waals surface area contributed by atoms with Gasteiger partial charge >= 0.3 is 5.97 Å². The number of carboxylic acids is 1. The van der Waals surface area contributed by atoms with Crippen LogP contribution in [0.2, 0.25) is 0 Å². The number of H-pyrrole nitrogens is 1. The Hall–Kier alpha value is -3.55. The largest absolute Gasteiger partial charge is 0.480 e. The number of tetrazole rings is 1. The lowest BCUT2D eigenvalue weighted by molar-refractivity contribution is -0.151. The smallest absolute Gasteiger partial charge is 0.326 e. The van der Waals surface area contributed by atoms with E-state index in [4.69, 9.17) is 0 Å². The van der Waals surface area contributed by atoms with Gasteiger partial charge in [-0.05, 0) is 40.0 Å². The third kappa shape index (κ3) is 5.57. The molecule has 1 unspecified atom stereocenters. The summed E-state index contributed by atoms with van der Waals surface area (Å²) in [6.07, 6.45) is 3.13. The summed E-state index contributed by atoms with van der Waals surface area (Å²) in [5.74, 6) is -0.482. The SMILES string of the molecule is CCCCC(=O)N(Cc1ccc(-c2ccccc2-c2nnn[nH]2)cc1)C(CCC)C(=O)O. The average Bonchev–Trinajstić information content (AvgIpc) is 3.35. The van der Waals surface area contributed by atoms with Crippen molar-refractivity contribution in [1.82, 2.24) is 25.5 Å². The number of carbonyl (C=O) groups is 2. The summed E-state index contributed by atoms with van der Waals surface area (Å²) in [4.78, 5) is 26.2. The van der Waals surface area contributed by atoms with Crippen LogP contribution in [-0.2, 0) is 16.1 Å². The molecule has 32 heavy (non-hydrogen) atoms. The van der Waals surface area contributed by atoms with Crippen molar-refractivity contribution in [2.24, 2.45) is 0 Å². The van der Waals surface area contributed by atoms with Crippen molar-refractivity contribution in [3.63, 3.8) is 0 Å². The lowest BCUT2D eigenvalue weighted by Crippen LogP contribution is -2.44. The molecule has 0 aliphatic carbocycles. The number of benzene rings is 2. The molecule has 0 saturated heterocycles. The zero-order valence-corrected chi connectivity index (χ0v) is 18.5. The van der Waals surface area contributed by atoms with Crippen molar-refractivity contribution in [1.29, 1.82) is 0 Å². The number of amides is 1. The van der Waals surface area contributed by atoms with E-state index in [-0.39, 0.29) is 12.5 Å². The molecule has 168 valence electrons. The van der Waals surface area contributed by atoms with Crippen LogP contribution in [-0.4, -0.2) is 48.5 Å². The first-order valence-electron chi connectivity index (χ1n) is 11.0. The molecule has 0 spiro atoms. The van der Waals surface area contributed by atoms with Crippen LogP contribution >= 0.6 is 0 Å². The van der Waals surface area contributed by atoms with Crippen molar-refractivity contribution in [2.45, 2.75) is 58.5 Å².